The minimum absolute atomic E-state index is 0.0209. The van der Waals surface area contributed by atoms with Crippen molar-refractivity contribution >= 4 is 63.2 Å². The van der Waals surface area contributed by atoms with Crippen molar-refractivity contribution in [1.29, 1.82) is 0 Å². The van der Waals surface area contributed by atoms with Crippen molar-refractivity contribution in [3.63, 3.8) is 0 Å². The van der Waals surface area contributed by atoms with Crippen LogP contribution in [0, 0.1) is 47.0 Å². The molecule has 0 spiro atoms. The first kappa shape index (κ1) is 44.3. The molecule has 0 radical (unpaired) electrons. The summed E-state index contributed by atoms with van der Waals surface area (Å²) in [5.74, 6) is 0.618. The maximum absolute atomic E-state index is 11.9. The van der Waals surface area contributed by atoms with Gasteiger partial charge in [0.15, 0.2) is 11.4 Å². The van der Waals surface area contributed by atoms with Crippen molar-refractivity contribution in [2.45, 2.75) is 74.4 Å². The van der Waals surface area contributed by atoms with E-state index >= 15 is 0 Å². The normalized spacial score (nSPS) is 14.5. The molecule has 67 heavy (non-hydrogen) atoms. The Morgan fingerprint density at radius 3 is 1.37 bits per heavy atom. The molecule has 1 saturated heterocycles. The highest BCUT2D eigenvalue weighted by atomic mass is 32.2. The second kappa shape index (κ2) is 17.6. The van der Waals surface area contributed by atoms with Crippen LogP contribution in [0.3, 0.4) is 0 Å². The van der Waals surface area contributed by atoms with Gasteiger partial charge in [-0.05, 0) is 140 Å². The lowest BCUT2D eigenvalue weighted by atomic mass is 9.92. The van der Waals surface area contributed by atoms with Crippen LogP contribution >= 0.6 is 11.8 Å². The minimum atomic E-state index is -0.410. The topological polar surface area (TPSA) is 92.9 Å². The van der Waals surface area contributed by atoms with E-state index in [4.69, 9.17) is 19.4 Å². The van der Waals surface area contributed by atoms with E-state index in [1.54, 1.807) is 6.92 Å². The molecular weight excluding hydrogens is 845 g/mol. The van der Waals surface area contributed by atoms with Crippen LogP contribution in [-0.4, -0.2) is 38.3 Å². The van der Waals surface area contributed by atoms with E-state index in [1.165, 1.54) is 45.1 Å². The fourth-order valence-corrected chi connectivity index (χ4v) is 10.7. The number of aryl methyl sites for hydroxylation is 6. The van der Waals surface area contributed by atoms with Gasteiger partial charge in [0.2, 0.25) is 0 Å². The lowest BCUT2D eigenvalue weighted by molar-refractivity contribution is -0.226. The van der Waals surface area contributed by atoms with E-state index in [0.29, 0.717) is 19.0 Å². The minimum Gasteiger partial charge on any atom is -0.354 e. The third-order valence-corrected chi connectivity index (χ3v) is 13.9. The predicted octanol–water partition coefficient (Wildman–Crippen LogP) is 15.0. The Kier molecular flexibility index (Phi) is 11.6. The predicted molar refractivity (Wildman–Crippen MR) is 279 cm³/mol. The lowest BCUT2D eigenvalue weighted by Gasteiger charge is -2.34. The quantitative estimate of drug-likeness (QED) is 0.166. The van der Waals surface area contributed by atoms with Crippen molar-refractivity contribution in [3.8, 4) is 44.5 Å². The first-order chi connectivity index (χ1) is 32.2. The third-order valence-electron chi connectivity index (χ3n) is 13.0. The summed E-state index contributed by atoms with van der Waals surface area (Å²) >= 11 is 1.32. The summed E-state index contributed by atoms with van der Waals surface area (Å²) in [5.41, 5.74) is 24.9. The lowest BCUT2D eigenvalue weighted by Crippen LogP contribution is -2.33. The first-order valence-corrected chi connectivity index (χ1v) is 24.1. The molecule has 7 nitrogen and oxygen atoms in total. The van der Waals surface area contributed by atoms with Crippen LogP contribution in [0.4, 0.5) is 0 Å². The van der Waals surface area contributed by atoms with Gasteiger partial charge in [0, 0.05) is 68.0 Å². The molecule has 3 aromatic heterocycles. The molecule has 3 aliphatic rings. The van der Waals surface area contributed by atoms with E-state index in [0.717, 1.165) is 100 Å². The van der Waals surface area contributed by atoms with Crippen molar-refractivity contribution in [3.05, 3.63) is 164 Å². The van der Waals surface area contributed by atoms with Crippen LogP contribution in [0.1, 0.15) is 94.3 Å². The number of rotatable bonds is 7. The average molecular weight is 901 g/mol. The number of H-pyrrole nitrogens is 2. The van der Waals surface area contributed by atoms with Gasteiger partial charge in [-0.15, -0.1) is 0 Å². The molecule has 0 saturated carbocycles. The van der Waals surface area contributed by atoms with Crippen molar-refractivity contribution in [2.75, 3.05) is 13.2 Å². The van der Waals surface area contributed by atoms with Crippen LogP contribution < -0.4 is 0 Å². The van der Waals surface area contributed by atoms with Crippen LogP contribution in [-0.2, 0) is 20.0 Å². The van der Waals surface area contributed by atoms with E-state index < -0.39 is 6.29 Å². The summed E-state index contributed by atoms with van der Waals surface area (Å²) in [7, 11) is 0. The molecule has 6 heterocycles. The number of nitrogens with zero attached hydrogens (tertiary/aromatic N) is 2. The Bertz CT molecular complexity index is 3160. The summed E-state index contributed by atoms with van der Waals surface area (Å²) in [6.45, 7) is 20.3. The van der Waals surface area contributed by atoms with Gasteiger partial charge >= 0.3 is 0 Å². The molecule has 0 atom stereocenters. The third kappa shape index (κ3) is 8.66. The van der Waals surface area contributed by atoms with Crippen LogP contribution in [0.2, 0.25) is 0 Å². The SMILES string of the molecule is CC(=O)SCc1ccc(-c2c3nc(c(-c4c(C)cc(C)cc4C)c4ccc([nH]4)c(-c4ccc(C5OCC(C)(C)CO5)cc4)c4ccc([nH]4)c(-c4c(C)cc(C)cc4C)c4nc2C=C4)C=C3)cc1. The molecular formula is C59H56N4O3S. The van der Waals surface area contributed by atoms with Gasteiger partial charge in [-0.2, -0.15) is 0 Å². The Hall–Kier alpha value is -6.58. The number of hydrogen-bond acceptors (Lipinski definition) is 6. The van der Waals surface area contributed by atoms with Gasteiger partial charge in [0.25, 0.3) is 0 Å². The van der Waals surface area contributed by atoms with Crippen molar-refractivity contribution in [2.24, 2.45) is 5.41 Å². The summed E-state index contributed by atoms with van der Waals surface area (Å²) in [6.07, 6.45) is 8.16. The second-order valence-corrected chi connectivity index (χ2v) is 20.4. The number of aromatic amines is 2. The number of ether oxygens (including phenoxy) is 2. The Balaban J connectivity index is 1.30. The first-order valence-electron chi connectivity index (χ1n) is 23.1. The molecule has 336 valence electrons. The number of thioether (sulfide) groups is 1. The zero-order valence-electron chi connectivity index (χ0n) is 39.8. The zero-order chi connectivity index (χ0) is 46.7. The monoisotopic (exact) mass is 900 g/mol. The molecule has 8 heteroatoms. The number of fused-ring (bicyclic) bond motifs is 8. The Morgan fingerprint density at radius 1 is 0.552 bits per heavy atom. The number of carbonyl (C=O) groups is 1. The molecule has 3 aliphatic heterocycles. The number of nitrogens with one attached hydrogen (secondary N) is 2. The number of carbonyl (C=O) groups excluding carboxylic acids is 1. The van der Waals surface area contributed by atoms with E-state index in [1.807, 2.05) is 0 Å². The number of aromatic nitrogens is 4. The van der Waals surface area contributed by atoms with E-state index in [2.05, 4.69) is 187 Å². The highest BCUT2D eigenvalue weighted by Crippen LogP contribution is 2.42. The maximum Gasteiger partial charge on any atom is 0.186 e. The van der Waals surface area contributed by atoms with Gasteiger partial charge in [-0.25, -0.2) is 9.97 Å². The zero-order valence-corrected chi connectivity index (χ0v) is 40.6. The van der Waals surface area contributed by atoms with Crippen LogP contribution in [0.15, 0.2) is 97.1 Å². The van der Waals surface area contributed by atoms with Gasteiger partial charge in [-0.3, -0.25) is 4.79 Å². The fourth-order valence-electron chi connectivity index (χ4n) is 10.1. The molecule has 1 fully saturated rings. The molecule has 4 aromatic carbocycles. The number of benzene rings is 4. The molecule has 2 N–H and O–H groups in total. The Morgan fingerprint density at radius 2 is 0.940 bits per heavy atom. The summed E-state index contributed by atoms with van der Waals surface area (Å²) in [4.78, 5) is 30.9. The standard InChI is InChI=1S/C59H56N4O3S/c1-33-26-35(3)52(36(4)27-33)56-48-22-18-44(60-48)54(41-12-10-40(11-13-41)30-67-39(7)64)45-19-23-49(61-45)57(53-37(5)28-34(2)29-38(53)6)51-25-21-47(63-51)55(46-20-24-50(56)62-46)42-14-16-43(17-15-42)58-65-31-59(8,9)32-66-58/h10-29,58,62-63H,30-32H2,1-9H3. The van der Waals surface area contributed by atoms with Crippen LogP contribution in [0.25, 0.3) is 90.9 Å². The molecule has 10 rings (SSSR count). The smallest absolute Gasteiger partial charge is 0.186 e. The van der Waals surface area contributed by atoms with E-state index in [-0.39, 0.29) is 10.5 Å². The average Bonchev–Trinajstić information content (AvgIpc) is 4.13. The molecule has 0 aliphatic carbocycles. The summed E-state index contributed by atoms with van der Waals surface area (Å²) < 4.78 is 12.4. The van der Waals surface area contributed by atoms with Gasteiger partial charge < -0.3 is 19.4 Å². The highest BCUT2D eigenvalue weighted by molar-refractivity contribution is 8.12. The van der Waals surface area contributed by atoms with Gasteiger partial charge in [0.1, 0.15) is 0 Å². The summed E-state index contributed by atoms with van der Waals surface area (Å²) in [5, 5.41) is 0.103. The van der Waals surface area contributed by atoms with Crippen LogP contribution in [0.5, 0.6) is 0 Å². The van der Waals surface area contributed by atoms with Crippen molar-refractivity contribution < 1.29 is 14.3 Å². The molecule has 0 amide bonds. The van der Waals surface area contributed by atoms with Gasteiger partial charge in [-0.1, -0.05) is 110 Å². The Labute approximate surface area is 397 Å². The molecule has 0 unspecified atom stereocenters. The number of hydrogen-bond donors (Lipinski definition) is 2. The highest BCUT2D eigenvalue weighted by Gasteiger charge is 2.29. The summed E-state index contributed by atoms with van der Waals surface area (Å²) in [6, 6.07) is 34.9. The fraction of sp³-hybridized carbons (Fsp3) is 0.237. The maximum atomic E-state index is 11.9. The second-order valence-electron chi connectivity index (χ2n) is 19.3. The molecule has 7 aromatic rings. The van der Waals surface area contributed by atoms with E-state index in [9.17, 15) is 4.79 Å². The molecule has 8 bridgehead atoms. The van der Waals surface area contributed by atoms with Crippen molar-refractivity contribution in [1.82, 2.24) is 19.9 Å². The van der Waals surface area contributed by atoms with Gasteiger partial charge in [0.05, 0.1) is 36.0 Å². The largest absolute Gasteiger partial charge is 0.354 e.